The van der Waals surface area contributed by atoms with Gasteiger partial charge in [-0.05, 0) is 37.6 Å². The molecule has 1 heterocycles. The van der Waals surface area contributed by atoms with Gasteiger partial charge in [-0.1, -0.05) is 12.1 Å². The maximum atomic E-state index is 11.6. The number of halogens is 1. The van der Waals surface area contributed by atoms with Crippen molar-refractivity contribution in [3.63, 3.8) is 0 Å². The SMILES string of the molecule is CC(C)NC(=O)COc1cccc(-c2cc(N)nc(Cl)n2)c1. The van der Waals surface area contributed by atoms with Gasteiger partial charge in [0.25, 0.3) is 5.91 Å². The standard InChI is InChI=1S/C15H17ClN4O2/c1-9(2)18-14(21)8-22-11-5-3-4-10(6-11)12-7-13(17)20-15(16)19-12/h3-7,9H,8H2,1-2H3,(H,18,21)(H2,17,19,20). The number of carbonyl (C=O) groups is 1. The van der Waals surface area contributed by atoms with Crippen molar-refractivity contribution < 1.29 is 9.53 Å². The van der Waals surface area contributed by atoms with Crippen LogP contribution in [0.25, 0.3) is 11.3 Å². The number of nitrogens with zero attached hydrogens (tertiary/aromatic N) is 2. The molecule has 22 heavy (non-hydrogen) atoms. The molecule has 0 aliphatic rings. The number of nitrogens with one attached hydrogen (secondary N) is 1. The van der Waals surface area contributed by atoms with Gasteiger partial charge in [0.2, 0.25) is 5.28 Å². The number of anilines is 1. The van der Waals surface area contributed by atoms with Crippen LogP contribution in [0.3, 0.4) is 0 Å². The van der Waals surface area contributed by atoms with Gasteiger partial charge in [-0.15, -0.1) is 0 Å². The minimum absolute atomic E-state index is 0.0473. The molecule has 0 spiro atoms. The first-order chi connectivity index (χ1) is 10.4. The number of hydrogen-bond acceptors (Lipinski definition) is 5. The van der Waals surface area contributed by atoms with Crippen molar-refractivity contribution in [2.24, 2.45) is 0 Å². The number of amides is 1. The molecule has 2 rings (SSSR count). The first-order valence-corrected chi connectivity index (χ1v) is 7.14. The first kappa shape index (κ1) is 16.0. The molecule has 7 heteroatoms. The van der Waals surface area contributed by atoms with Crippen molar-refractivity contribution >= 4 is 23.3 Å². The Labute approximate surface area is 133 Å². The van der Waals surface area contributed by atoms with Gasteiger partial charge < -0.3 is 15.8 Å². The average Bonchev–Trinajstić information content (AvgIpc) is 2.44. The third-order valence-corrected chi connectivity index (χ3v) is 2.84. The lowest BCUT2D eigenvalue weighted by molar-refractivity contribution is -0.123. The molecule has 0 saturated heterocycles. The fourth-order valence-electron chi connectivity index (χ4n) is 1.84. The van der Waals surface area contributed by atoms with Gasteiger partial charge in [-0.25, -0.2) is 9.97 Å². The van der Waals surface area contributed by atoms with Crippen LogP contribution in [0.1, 0.15) is 13.8 Å². The summed E-state index contributed by atoms with van der Waals surface area (Å²) in [6, 6.07) is 8.87. The van der Waals surface area contributed by atoms with Crippen molar-refractivity contribution in [1.29, 1.82) is 0 Å². The van der Waals surface area contributed by atoms with Gasteiger partial charge in [-0.2, -0.15) is 0 Å². The molecular weight excluding hydrogens is 304 g/mol. The highest BCUT2D eigenvalue weighted by molar-refractivity contribution is 6.28. The number of benzene rings is 1. The summed E-state index contributed by atoms with van der Waals surface area (Å²) in [5, 5.41) is 2.84. The van der Waals surface area contributed by atoms with Crippen LogP contribution >= 0.6 is 11.6 Å². The third kappa shape index (κ3) is 4.60. The summed E-state index contributed by atoms with van der Waals surface area (Å²) in [5.74, 6) is 0.678. The van der Waals surface area contributed by atoms with Crippen molar-refractivity contribution in [3.8, 4) is 17.0 Å². The highest BCUT2D eigenvalue weighted by Gasteiger charge is 2.07. The Morgan fingerprint density at radius 2 is 2.14 bits per heavy atom. The van der Waals surface area contributed by atoms with E-state index in [4.69, 9.17) is 22.1 Å². The summed E-state index contributed by atoms with van der Waals surface area (Å²) in [7, 11) is 0. The summed E-state index contributed by atoms with van der Waals surface area (Å²) < 4.78 is 5.47. The van der Waals surface area contributed by atoms with Crippen molar-refractivity contribution in [1.82, 2.24) is 15.3 Å². The topological polar surface area (TPSA) is 90.1 Å². The molecule has 3 N–H and O–H groups in total. The largest absolute Gasteiger partial charge is 0.484 e. The molecule has 0 bridgehead atoms. The minimum Gasteiger partial charge on any atom is -0.484 e. The fraction of sp³-hybridized carbons (Fsp3) is 0.267. The molecule has 0 radical (unpaired) electrons. The molecule has 1 aromatic heterocycles. The molecule has 0 fully saturated rings. The van der Waals surface area contributed by atoms with E-state index in [9.17, 15) is 4.79 Å². The lowest BCUT2D eigenvalue weighted by Crippen LogP contribution is -2.34. The van der Waals surface area contributed by atoms with Crippen molar-refractivity contribution in [2.45, 2.75) is 19.9 Å². The van der Waals surface area contributed by atoms with Gasteiger partial charge in [-0.3, -0.25) is 4.79 Å². The molecule has 0 aliphatic heterocycles. The molecule has 0 saturated carbocycles. The van der Waals surface area contributed by atoms with Crippen LogP contribution in [0.5, 0.6) is 5.75 Å². The van der Waals surface area contributed by atoms with Gasteiger partial charge >= 0.3 is 0 Å². The number of aromatic nitrogens is 2. The molecule has 0 unspecified atom stereocenters. The predicted octanol–water partition coefficient (Wildman–Crippen LogP) is 2.28. The summed E-state index contributed by atoms with van der Waals surface area (Å²) in [6.45, 7) is 3.73. The highest BCUT2D eigenvalue weighted by Crippen LogP contribution is 2.24. The maximum Gasteiger partial charge on any atom is 0.258 e. The second-order valence-corrected chi connectivity index (χ2v) is 5.32. The van der Waals surface area contributed by atoms with Gasteiger partial charge in [0, 0.05) is 17.7 Å². The summed E-state index contributed by atoms with van der Waals surface area (Å²) in [4.78, 5) is 19.5. The molecule has 1 aromatic carbocycles. The van der Waals surface area contributed by atoms with Crippen LogP contribution in [0.4, 0.5) is 5.82 Å². The predicted molar refractivity (Wildman–Crippen MR) is 85.7 cm³/mol. The quantitative estimate of drug-likeness (QED) is 0.825. The Morgan fingerprint density at radius 1 is 1.36 bits per heavy atom. The zero-order chi connectivity index (χ0) is 16.1. The summed E-state index contributed by atoms with van der Waals surface area (Å²) >= 11 is 5.80. The Morgan fingerprint density at radius 3 is 2.82 bits per heavy atom. The molecule has 116 valence electrons. The smallest absolute Gasteiger partial charge is 0.258 e. The van der Waals surface area contributed by atoms with Crippen LogP contribution in [0.15, 0.2) is 30.3 Å². The second-order valence-electron chi connectivity index (χ2n) is 4.99. The van der Waals surface area contributed by atoms with Crippen LogP contribution in [-0.4, -0.2) is 28.5 Å². The van der Waals surface area contributed by atoms with E-state index in [0.717, 1.165) is 5.56 Å². The fourth-order valence-corrected chi connectivity index (χ4v) is 2.03. The Hall–Kier alpha value is -2.34. The molecule has 6 nitrogen and oxygen atoms in total. The molecule has 0 atom stereocenters. The third-order valence-electron chi connectivity index (χ3n) is 2.67. The number of nitrogen functional groups attached to an aromatic ring is 1. The van der Waals surface area contributed by atoms with E-state index < -0.39 is 0 Å². The lowest BCUT2D eigenvalue weighted by atomic mass is 10.1. The van der Waals surface area contributed by atoms with Crippen molar-refractivity contribution in [3.05, 3.63) is 35.6 Å². The highest BCUT2D eigenvalue weighted by atomic mass is 35.5. The second kappa shape index (κ2) is 7.09. The molecule has 0 aliphatic carbocycles. The van der Waals surface area contributed by atoms with Gasteiger partial charge in [0.1, 0.15) is 11.6 Å². The van der Waals surface area contributed by atoms with Crippen LogP contribution in [0.2, 0.25) is 5.28 Å². The van der Waals surface area contributed by atoms with Crippen LogP contribution in [0, 0.1) is 0 Å². The number of hydrogen-bond donors (Lipinski definition) is 2. The lowest BCUT2D eigenvalue weighted by Gasteiger charge is -2.10. The zero-order valence-corrected chi connectivity index (χ0v) is 13.1. The van der Waals surface area contributed by atoms with Crippen molar-refractivity contribution in [2.75, 3.05) is 12.3 Å². The Bertz CT molecular complexity index is 656. The first-order valence-electron chi connectivity index (χ1n) is 6.76. The zero-order valence-electron chi connectivity index (χ0n) is 12.3. The molecule has 1 amide bonds. The minimum atomic E-state index is -0.172. The molecule has 2 aromatic rings. The van der Waals surface area contributed by atoms with E-state index in [0.29, 0.717) is 11.4 Å². The van der Waals surface area contributed by atoms with E-state index in [1.54, 1.807) is 24.3 Å². The maximum absolute atomic E-state index is 11.6. The van der Waals surface area contributed by atoms with Crippen LogP contribution < -0.4 is 15.8 Å². The monoisotopic (exact) mass is 320 g/mol. The Kier molecular flexibility index (Phi) is 5.16. The Balaban J connectivity index is 2.11. The number of carbonyl (C=O) groups excluding carboxylic acids is 1. The number of nitrogens with two attached hydrogens (primary N) is 1. The van der Waals surface area contributed by atoms with Gasteiger partial charge in [0.15, 0.2) is 6.61 Å². The summed E-state index contributed by atoms with van der Waals surface area (Å²) in [6.07, 6.45) is 0. The summed E-state index contributed by atoms with van der Waals surface area (Å²) in [5.41, 5.74) is 7.03. The van der Waals surface area contributed by atoms with E-state index in [-0.39, 0.29) is 29.7 Å². The van der Waals surface area contributed by atoms with E-state index in [1.165, 1.54) is 0 Å². The van der Waals surface area contributed by atoms with E-state index >= 15 is 0 Å². The van der Waals surface area contributed by atoms with E-state index in [2.05, 4.69) is 15.3 Å². The average molecular weight is 321 g/mol. The molecular formula is C15H17ClN4O2. The van der Waals surface area contributed by atoms with Crippen LogP contribution in [-0.2, 0) is 4.79 Å². The number of rotatable bonds is 5. The number of ether oxygens (including phenoxy) is 1. The van der Waals surface area contributed by atoms with Gasteiger partial charge in [0.05, 0.1) is 5.69 Å². The van der Waals surface area contributed by atoms with E-state index in [1.807, 2.05) is 19.9 Å². The normalized spacial score (nSPS) is 10.5.